The van der Waals surface area contributed by atoms with E-state index in [-0.39, 0.29) is 11.8 Å². The van der Waals surface area contributed by atoms with Crippen LogP contribution in [0, 0.1) is 6.92 Å². The number of benzene rings is 2. The quantitative estimate of drug-likeness (QED) is 0.671. The van der Waals surface area contributed by atoms with Gasteiger partial charge in [-0.05, 0) is 72.7 Å². The molecule has 1 N–H and O–H groups in total. The van der Waals surface area contributed by atoms with Crippen molar-refractivity contribution in [2.45, 2.75) is 20.0 Å². The van der Waals surface area contributed by atoms with Crippen LogP contribution in [0.1, 0.15) is 22.8 Å². The topological polar surface area (TPSA) is 71.1 Å². The lowest BCUT2D eigenvalue weighted by Crippen LogP contribution is -2.47. The van der Waals surface area contributed by atoms with Crippen LogP contribution in [0.2, 0.25) is 0 Å². The number of aryl methyl sites for hydroxylation is 1. The van der Waals surface area contributed by atoms with Crippen LogP contribution in [0.25, 0.3) is 0 Å². The van der Waals surface area contributed by atoms with E-state index in [0.29, 0.717) is 35.8 Å². The molecule has 7 nitrogen and oxygen atoms in total. The summed E-state index contributed by atoms with van der Waals surface area (Å²) in [5, 5.41) is 2.83. The van der Waals surface area contributed by atoms with Crippen molar-refractivity contribution < 1.29 is 19.1 Å². The maximum Gasteiger partial charge on any atom is 0.265 e. The number of hydrogen-bond acceptors (Lipinski definition) is 5. The molecule has 166 valence electrons. The second-order valence-corrected chi connectivity index (χ2v) is 8.55. The Morgan fingerprint density at radius 2 is 1.74 bits per heavy atom. The van der Waals surface area contributed by atoms with Gasteiger partial charge < -0.3 is 24.6 Å². The SMILES string of the molecule is COc1ccc(C(=O)N2CCN(C)CC2)cc1NC(=O)C(C)Oc1ccc(C)cc1Br. The van der Waals surface area contributed by atoms with Crippen LogP contribution >= 0.6 is 15.9 Å². The second kappa shape index (κ2) is 10.2. The number of hydrogen-bond donors (Lipinski definition) is 1. The number of likely N-dealkylation sites (N-methyl/N-ethyl adjacent to an activating group) is 1. The van der Waals surface area contributed by atoms with Gasteiger partial charge in [0, 0.05) is 31.7 Å². The molecular weight excluding hydrogens is 462 g/mol. The van der Waals surface area contributed by atoms with Gasteiger partial charge in [0.1, 0.15) is 11.5 Å². The number of ether oxygens (including phenoxy) is 2. The van der Waals surface area contributed by atoms with Gasteiger partial charge in [-0.15, -0.1) is 0 Å². The molecule has 0 aliphatic carbocycles. The molecule has 8 heteroatoms. The first-order chi connectivity index (χ1) is 14.8. The average Bonchev–Trinajstić information content (AvgIpc) is 2.75. The van der Waals surface area contributed by atoms with Crippen LogP contribution in [0.3, 0.4) is 0 Å². The third kappa shape index (κ3) is 5.77. The molecule has 3 rings (SSSR count). The van der Waals surface area contributed by atoms with Gasteiger partial charge in [-0.2, -0.15) is 0 Å². The Labute approximate surface area is 191 Å². The van der Waals surface area contributed by atoms with E-state index >= 15 is 0 Å². The smallest absolute Gasteiger partial charge is 0.265 e. The van der Waals surface area contributed by atoms with Gasteiger partial charge >= 0.3 is 0 Å². The van der Waals surface area contributed by atoms with Crippen molar-refractivity contribution in [1.29, 1.82) is 0 Å². The van der Waals surface area contributed by atoms with Crippen molar-refractivity contribution in [2.24, 2.45) is 0 Å². The minimum atomic E-state index is -0.749. The van der Waals surface area contributed by atoms with Crippen LogP contribution in [0.4, 0.5) is 5.69 Å². The van der Waals surface area contributed by atoms with Crippen LogP contribution in [-0.4, -0.2) is 68.1 Å². The van der Waals surface area contributed by atoms with E-state index in [1.807, 2.05) is 37.1 Å². The molecule has 1 fully saturated rings. The predicted molar refractivity (Wildman–Crippen MR) is 124 cm³/mol. The van der Waals surface area contributed by atoms with E-state index in [1.165, 1.54) is 7.11 Å². The van der Waals surface area contributed by atoms with E-state index in [4.69, 9.17) is 9.47 Å². The Kier molecular flexibility index (Phi) is 7.56. The van der Waals surface area contributed by atoms with Crippen molar-refractivity contribution in [3.8, 4) is 11.5 Å². The molecule has 1 saturated heterocycles. The third-order valence-electron chi connectivity index (χ3n) is 5.26. The molecule has 1 unspecified atom stereocenters. The minimum absolute atomic E-state index is 0.0564. The summed E-state index contributed by atoms with van der Waals surface area (Å²) in [7, 11) is 3.57. The molecule has 1 aliphatic heterocycles. The number of rotatable bonds is 6. The maximum absolute atomic E-state index is 12.9. The summed E-state index contributed by atoms with van der Waals surface area (Å²) in [5.41, 5.74) is 2.03. The van der Waals surface area contributed by atoms with Crippen molar-refractivity contribution in [2.75, 3.05) is 45.7 Å². The molecule has 1 aliphatic rings. The molecule has 1 heterocycles. The fourth-order valence-electron chi connectivity index (χ4n) is 3.31. The Morgan fingerprint density at radius 1 is 1.06 bits per heavy atom. The summed E-state index contributed by atoms with van der Waals surface area (Å²) in [6.45, 7) is 6.70. The minimum Gasteiger partial charge on any atom is -0.495 e. The number of carbonyl (C=O) groups is 2. The standard InChI is InChI=1S/C23H28BrN3O4/c1-15-5-7-20(18(24)13-15)31-16(2)22(28)25-19-14-17(6-8-21(19)30-4)23(29)27-11-9-26(3)10-12-27/h5-8,13-14,16H,9-12H2,1-4H3,(H,25,28). The number of piperazine rings is 1. The summed E-state index contributed by atoms with van der Waals surface area (Å²) in [6.07, 6.45) is -0.749. The van der Waals surface area contributed by atoms with Crippen molar-refractivity contribution in [3.63, 3.8) is 0 Å². The fraction of sp³-hybridized carbons (Fsp3) is 0.391. The second-order valence-electron chi connectivity index (χ2n) is 7.69. The van der Waals surface area contributed by atoms with Gasteiger partial charge in [0.05, 0.1) is 17.3 Å². The first-order valence-electron chi connectivity index (χ1n) is 10.2. The Hall–Kier alpha value is -2.58. The number of methoxy groups -OCH3 is 1. The van der Waals surface area contributed by atoms with E-state index in [0.717, 1.165) is 23.1 Å². The number of carbonyl (C=O) groups excluding carboxylic acids is 2. The third-order valence-corrected chi connectivity index (χ3v) is 5.87. The Bertz CT molecular complexity index is 958. The highest BCUT2D eigenvalue weighted by Gasteiger charge is 2.23. The van der Waals surface area contributed by atoms with Crippen molar-refractivity contribution >= 4 is 33.4 Å². The molecule has 31 heavy (non-hydrogen) atoms. The molecular formula is C23H28BrN3O4. The lowest BCUT2D eigenvalue weighted by molar-refractivity contribution is -0.122. The highest BCUT2D eigenvalue weighted by atomic mass is 79.9. The van der Waals surface area contributed by atoms with Crippen molar-refractivity contribution in [3.05, 3.63) is 52.0 Å². The largest absolute Gasteiger partial charge is 0.495 e. The molecule has 2 aromatic carbocycles. The van der Waals surface area contributed by atoms with Gasteiger partial charge in [0.25, 0.3) is 11.8 Å². The molecule has 1 atom stereocenters. The zero-order valence-electron chi connectivity index (χ0n) is 18.3. The summed E-state index contributed by atoms with van der Waals surface area (Å²) in [5.74, 6) is 0.667. The van der Waals surface area contributed by atoms with E-state index in [2.05, 4.69) is 26.1 Å². The first-order valence-corrected chi connectivity index (χ1v) is 11.0. The highest BCUT2D eigenvalue weighted by molar-refractivity contribution is 9.10. The lowest BCUT2D eigenvalue weighted by Gasteiger charge is -2.32. The number of nitrogens with zero attached hydrogens (tertiary/aromatic N) is 2. The zero-order valence-corrected chi connectivity index (χ0v) is 19.9. The van der Waals surface area contributed by atoms with E-state index in [1.54, 1.807) is 25.1 Å². The molecule has 0 bridgehead atoms. The van der Waals surface area contributed by atoms with Gasteiger partial charge in [-0.3, -0.25) is 9.59 Å². The molecule has 0 aromatic heterocycles. The van der Waals surface area contributed by atoms with Crippen LogP contribution < -0.4 is 14.8 Å². The zero-order chi connectivity index (χ0) is 22.5. The molecule has 2 amide bonds. The molecule has 0 saturated carbocycles. The van der Waals surface area contributed by atoms with Crippen LogP contribution in [-0.2, 0) is 4.79 Å². The summed E-state index contributed by atoms with van der Waals surface area (Å²) < 4.78 is 12.0. The molecule has 0 spiro atoms. The lowest BCUT2D eigenvalue weighted by atomic mass is 10.1. The van der Waals surface area contributed by atoms with Crippen molar-refractivity contribution in [1.82, 2.24) is 9.80 Å². The van der Waals surface area contributed by atoms with Gasteiger partial charge in [0.15, 0.2) is 6.10 Å². The normalized spacial score (nSPS) is 15.3. The summed E-state index contributed by atoms with van der Waals surface area (Å²) in [6, 6.07) is 10.7. The summed E-state index contributed by atoms with van der Waals surface area (Å²) in [4.78, 5) is 29.7. The van der Waals surface area contributed by atoms with Gasteiger partial charge in [0.2, 0.25) is 0 Å². The fourth-order valence-corrected chi connectivity index (χ4v) is 3.90. The monoisotopic (exact) mass is 489 g/mol. The Balaban J connectivity index is 1.72. The Morgan fingerprint density at radius 3 is 2.39 bits per heavy atom. The van der Waals surface area contributed by atoms with E-state index in [9.17, 15) is 9.59 Å². The van der Waals surface area contributed by atoms with Crippen LogP contribution in [0.5, 0.6) is 11.5 Å². The highest BCUT2D eigenvalue weighted by Crippen LogP contribution is 2.29. The number of nitrogens with one attached hydrogen (secondary N) is 1. The predicted octanol–water partition coefficient (Wildman–Crippen LogP) is 3.56. The molecule has 0 radical (unpaired) electrons. The molecule has 2 aromatic rings. The van der Waals surface area contributed by atoms with Gasteiger partial charge in [-0.1, -0.05) is 6.07 Å². The van der Waals surface area contributed by atoms with E-state index < -0.39 is 6.10 Å². The number of halogens is 1. The first kappa shape index (κ1) is 23.1. The average molecular weight is 490 g/mol. The number of anilines is 1. The number of amides is 2. The maximum atomic E-state index is 12.9. The summed E-state index contributed by atoms with van der Waals surface area (Å²) >= 11 is 3.46. The van der Waals surface area contributed by atoms with Gasteiger partial charge in [-0.25, -0.2) is 0 Å². The van der Waals surface area contributed by atoms with Crippen LogP contribution in [0.15, 0.2) is 40.9 Å².